The largest absolute Gasteiger partial charge is 0.495 e. The van der Waals surface area contributed by atoms with Gasteiger partial charge in [-0.05, 0) is 41.4 Å². The van der Waals surface area contributed by atoms with E-state index in [0.717, 1.165) is 27.3 Å². The highest BCUT2D eigenvalue weighted by Gasteiger charge is 2.20. The quantitative estimate of drug-likeness (QED) is 0.294. The Morgan fingerprint density at radius 2 is 1.72 bits per heavy atom. The number of nitrogens with one attached hydrogen (secondary N) is 2. The Morgan fingerprint density at radius 1 is 1.00 bits per heavy atom. The van der Waals surface area contributed by atoms with Crippen LogP contribution in [0, 0.1) is 0 Å². The second-order valence-electron chi connectivity index (χ2n) is 7.77. The number of carbonyl (C=O) groups excluding carboxylic acids is 1. The van der Waals surface area contributed by atoms with E-state index >= 15 is 0 Å². The van der Waals surface area contributed by atoms with Crippen molar-refractivity contribution in [2.45, 2.75) is 12.5 Å². The van der Waals surface area contributed by atoms with Gasteiger partial charge in [0.1, 0.15) is 5.75 Å². The zero-order valence-corrected chi connectivity index (χ0v) is 21.1. The van der Waals surface area contributed by atoms with Gasteiger partial charge in [-0.15, -0.1) is 0 Å². The first-order chi connectivity index (χ1) is 17.5. The molecule has 0 saturated carbocycles. The molecule has 0 unspecified atom stereocenters. The number of carbonyl (C=O) groups is 1. The minimum Gasteiger partial charge on any atom is -0.495 e. The maximum atomic E-state index is 12.8. The average molecular weight is 510 g/mol. The van der Waals surface area contributed by atoms with Crippen LogP contribution in [0.3, 0.4) is 0 Å². The van der Waals surface area contributed by atoms with Crippen LogP contribution in [0.25, 0.3) is 21.6 Å². The van der Waals surface area contributed by atoms with E-state index in [1.54, 1.807) is 53.2 Å². The number of imidazole rings is 1. The number of anilines is 1. The van der Waals surface area contributed by atoms with Crippen LogP contribution in [-0.2, 0) is 11.2 Å². The summed E-state index contributed by atoms with van der Waals surface area (Å²) in [7, 11) is 6.25. The van der Waals surface area contributed by atoms with Gasteiger partial charge in [-0.3, -0.25) is 4.79 Å². The van der Waals surface area contributed by atoms with Gasteiger partial charge in [0.05, 0.1) is 51.4 Å². The molecule has 0 saturated heterocycles. The number of methoxy groups -OCH3 is 4. The standard InChI is InChI=1S/C25H27N5O5S/c1-32-20-6-5-14(7-19(20)30-25(31)18(26)10-16-11-27-13-28-16)17-12-29-36-24(17)15-8-21(33-2)23(35-4)22(9-15)34-3/h5-9,11-13,18H,10,26H2,1-4H3,(H,27,28)(H,30,31)/t18-/m0/s1. The van der Waals surface area contributed by atoms with Crippen molar-refractivity contribution in [2.24, 2.45) is 5.73 Å². The number of benzene rings is 2. The van der Waals surface area contributed by atoms with Gasteiger partial charge in [0, 0.05) is 35.6 Å². The molecule has 2 heterocycles. The van der Waals surface area contributed by atoms with Crippen LogP contribution in [0.4, 0.5) is 5.69 Å². The van der Waals surface area contributed by atoms with Gasteiger partial charge < -0.3 is 35.0 Å². The van der Waals surface area contributed by atoms with Crippen LogP contribution < -0.4 is 30.0 Å². The molecule has 36 heavy (non-hydrogen) atoms. The van der Waals surface area contributed by atoms with Crippen molar-refractivity contribution in [3.63, 3.8) is 0 Å². The van der Waals surface area contributed by atoms with E-state index in [1.165, 1.54) is 11.5 Å². The van der Waals surface area contributed by atoms with Crippen LogP contribution in [0.2, 0.25) is 0 Å². The van der Waals surface area contributed by atoms with Gasteiger partial charge in [0.2, 0.25) is 11.7 Å². The lowest BCUT2D eigenvalue weighted by molar-refractivity contribution is -0.117. The Hall–Kier alpha value is -4.09. The molecular formula is C25H27N5O5S. The van der Waals surface area contributed by atoms with Crippen LogP contribution in [-0.4, -0.2) is 54.7 Å². The number of nitrogens with two attached hydrogens (primary N) is 1. The van der Waals surface area contributed by atoms with Crippen molar-refractivity contribution in [1.29, 1.82) is 0 Å². The molecule has 0 spiro atoms. The molecule has 0 aliphatic carbocycles. The molecule has 0 aliphatic heterocycles. The van der Waals surface area contributed by atoms with Gasteiger partial charge in [-0.25, -0.2) is 4.98 Å². The maximum Gasteiger partial charge on any atom is 0.241 e. The Morgan fingerprint density at radius 3 is 2.33 bits per heavy atom. The Kier molecular flexibility index (Phi) is 7.71. The number of H-pyrrole nitrogens is 1. The topological polar surface area (TPSA) is 134 Å². The fourth-order valence-corrected chi connectivity index (χ4v) is 4.55. The molecule has 10 nitrogen and oxygen atoms in total. The van der Waals surface area contributed by atoms with E-state index in [9.17, 15) is 4.79 Å². The number of rotatable bonds is 10. The van der Waals surface area contributed by atoms with Gasteiger partial charge in [0.25, 0.3) is 0 Å². The summed E-state index contributed by atoms with van der Waals surface area (Å²) in [6.45, 7) is 0. The third-order valence-electron chi connectivity index (χ3n) is 5.60. The number of aromatic amines is 1. The minimum atomic E-state index is -0.767. The normalized spacial score (nSPS) is 11.6. The molecule has 1 atom stereocenters. The summed E-state index contributed by atoms with van der Waals surface area (Å²) < 4.78 is 26.4. The van der Waals surface area contributed by atoms with Gasteiger partial charge >= 0.3 is 0 Å². The van der Waals surface area contributed by atoms with Gasteiger partial charge in [-0.2, -0.15) is 4.37 Å². The third kappa shape index (κ3) is 5.11. The molecule has 0 fully saturated rings. The zero-order valence-electron chi connectivity index (χ0n) is 20.3. The van der Waals surface area contributed by atoms with Crippen molar-refractivity contribution in [2.75, 3.05) is 33.8 Å². The highest BCUT2D eigenvalue weighted by molar-refractivity contribution is 7.10. The van der Waals surface area contributed by atoms with Crippen LogP contribution in [0.5, 0.6) is 23.0 Å². The number of hydrogen-bond acceptors (Lipinski definition) is 9. The number of aromatic nitrogens is 3. The molecule has 188 valence electrons. The number of hydrogen-bond donors (Lipinski definition) is 3. The van der Waals surface area contributed by atoms with Crippen molar-refractivity contribution >= 4 is 23.1 Å². The van der Waals surface area contributed by atoms with Crippen LogP contribution in [0.15, 0.2) is 49.1 Å². The summed E-state index contributed by atoms with van der Waals surface area (Å²) in [6.07, 6.45) is 5.30. The molecular weight excluding hydrogens is 482 g/mol. The maximum absolute atomic E-state index is 12.8. The molecule has 0 bridgehead atoms. The van der Waals surface area contributed by atoms with Crippen molar-refractivity contribution in [3.8, 4) is 44.6 Å². The van der Waals surface area contributed by atoms with E-state index in [4.69, 9.17) is 24.7 Å². The summed E-state index contributed by atoms with van der Waals surface area (Å²) >= 11 is 1.34. The molecule has 2 aromatic heterocycles. The average Bonchev–Trinajstić information content (AvgIpc) is 3.60. The number of ether oxygens (including phenoxy) is 4. The lowest BCUT2D eigenvalue weighted by Crippen LogP contribution is -2.37. The third-order valence-corrected chi connectivity index (χ3v) is 6.45. The Labute approximate surface area is 212 Å². The number of nitrogens with zero attached hydrogens (tertiary/aromatic N) is 2. The van der Waals surface area contributed by atoms with E-state index in [-0.39, 0.29) is 5.91 Å². The van der Waals surface area contributed by atoms with E-state index in [0.29, 0.717) is 35.1 Å². The first-order valence-electron chi connectivity index (χ1n) is 11.0. The molecule has 0 radical (unpaired) electrons. The second kappa shape index (κ2) is 11.1. The molecule has 0 aliphatic rings. The fourth-order valence-electron chi connectivity index (χ4n) is 3.79. The van der Waals surface area contributed by atoms with E-state index < -0.39 is 6.04 Å². The summed E-state index contributed by atoms with van der Waals surface area (Å²) in [5, 5.41) is 2.89. The highest BCUT2D eigenvalue weighted by atomic mass is 32.1. The predicted octanol–water partition coefficient (Wildman–Crippen LogP) is 3.74. The van der Waals surface area contributed by atoms with E-state index in [1.807, 2.05) is 24.3 Å². The monoisotopic (exact) mass is 509 g/mol. The molecule has 11 heteroatoms. The van der Waals surface area contributed by atoms with Gasteiger partial charge in [0.15, 0.2) is 11.5 Å². The predicted molar refractivity (Wildman–Crippen MR) is 138 cm³/mol. The van der Waals surface area contributed by atoms with Crippen LogP contribution >= 0.6 is 11.5 Å². The lowest BCUT2D eigenvalue weighted by Gasteiger charge is -2.16. The summed E-state index contributed by atoms with van der Waals surface area (Å²) in [5.41, 5.74) is 9.95. The second-order valence-corrected chi connectivity index (χ2v) is 8.58. The van der Waals surface area contributed by atoms with Crippen molar-refractivity contribution in [3.05, 3.63) is 54.7 Å². The first kappa shape index (κ1) is 25.0. The first-order valence-corrected chi connectivity index (χ1v) is 11.7. The molecule has 4 rings (SSSR count). The fraction of sp³-hybridized carbons (Fsp3) is 0.240. The lowest BCUT2D eigenvalue weighted by atomic mass is 10.0. The molecule has 4 aromatic rings. The summed E-state index contributed by atoms with van der Waals surface area (Å²) in [6, 6.07) is 8.52. The number of amides is 1. The zero-order chi connectivity index (χ0) is 25.7. The Bertz CT molecular complexity index is 1310. The molecule has 4 N–H and O–H groups in total. The summed E-state index contributed by atoms with van der Waals surface area (Å²) in [5.74, 6) is 1.77. The van der Waals surface area contributed by atoms with Gasteiger partial charge in [-0.1, -0.05) is 6.07 Å². The molecule has 1 amide bonds. The summed E-state index contributed by atoms with van der Waals surface area (Å²) in [4.78, 5) is 20.6. The van der Waals surface area contributed by atoms with Crippen LogP contribution in [0.1, 0.15) is 5.69 Å². The molecule has 2 aromatic carbocycles. The van der Waals surface area contributed by atoms with Crippen molar-refractivity contribution in [1.82, 2.24) is 14.3 Å². The van der Waals surface area contributed by atoms with E-state index in [2.05, 4.69) is 19.7 Å². The smallest absolute Gasteiger partial charge is 0.241 e. The highest BCUT2D eigenvalue weighted by Crippen LogP contribution is 2.45. The SMILES string of the molecule is COc1ccc(-c2cnsc2-c2cc(OC)c(OC)c(OC)c2)cc1NC(=O)[C@@H](N)Cc1cnc[nH]1. The van der Waals surface area contributed by atoms with Crippen molar-refractivity contribution < 1.29 is 23.7 Å². The Balaban J connectivity index is 1.67. The minimum absolute atomic E-state index is 0.327.